The number of anilines is 1. The minimum Gasteiger partial charge on any atom is -0.378 e. The Hall–Kier alpha value is -3.27. The molecule has 0 fully saturated rings. The molecule has 0 bridgehead atoms. The van der Waals surface area contributed by atoms with Gasteiger partial charge in [-0.2, -0.15) is 5.26 Å². The summed E-state index contributed by atoms with van der Waals surface area (Å²) in [5, 5.41) is 15.3. The number of allylic oxidation sites excluding steroid dienone is 1. The van der Waals surface area contributed by atoms with Crippen molar-refractivity contribution in [2.45, 2.75) is 45.7 Å². The maximum Gasteiger partial charge on any atom is 0.0992 e. The molecule has 1 unspecified atom stereocenters. The first-order valence-electron chi connectivity index (χ1n) is 11.9. The van der Waals surface area contributed by atoms with Crippen molar-refractivity contribution in [1.29, 1.82) is 5.26 Å². The zero-order valence-corrected chi connectivity index (χ0v) is 19.7. The molecule has 6 heteroatoms. The molecule has 3 N–H and O–H groups in total. The van der Waals surface area contributed by atoms with Gasteiger partial charge in [0.25, 0.3) is 0 Å². The van der Waals surface area contributed by atoms with Crippen molar-refractivity contribution < 1.29 is 0 Å². The van der Waals surface area contributed by atoms with Gasteiger partial charge in [0.1, 0.15) is 0 Å². The Kier molecular flexibility index (Phi) is 5.84. The minimum atomic E-state index is 0.151. The Morgan fingerprint density at radius 2 is 2.03 bits per heavy atom. The molecule has 0 aromatic heterocycles. The van der Waals surface area contributed by atoms with Crippen molar-refractivity contribution in [2.75, 3.05) is 25.0 Å². The molecule has 0 aliphatic carbocycles. The second kappa shape index (κ2) is 8.93. The van der Waals surface area contributed by atoms with E-state index in [0.717, 1.165) is 43.9 Å². The van der Waals surface area contributed by atoms with Crippen molar-refractivity contribution in [1.82, 2.24) is 20.9 Å². The van der Waals surface area contributed by atoms with Crippen LogP contribution in [0.5, 0.6) is 0 Å². The fourth-order valence-corrected chi connectivity index (χ4v) is 5.11. The monoisotopic (exact) mass is 440 g/mol. The smallest absolute Gasteiger partial charge is 0.0992 e. The first kappa shape index (κ1) is 21.6. The van der Waals surface area contributed by atoms with E-state index in [9.17, 15) is 5.26 Å². The highest BCUT2D eigenvalue weighted by molar-refractivity contribution is 5.76. The molecule has 1 atom stereocenters. The van der Waals surface area contributed by atoms with Crippen molar-refractivity contribution in [2.24, 2.45) is 0 Å². The van der Waals surface area contributed by atoms with Gasteiger partial charge in [-0.25, -0.2) is 0 Å². The predicted octanol–water partition coefficient (Wildman–Crippen LogP) is 4.63. The van der Waals surface area contributed by atoms with E-state index in [0.29, 0.717) is 11.6 Å². The number of benzene rings is 2. The molecule has 2 aromatic rings. The predicted molar refractivity (Wildman–Crippen MR) is 133 cm³/mol. The fourth-order valence-electron chi connectivity index (χ4n) is 5.11. The van der Waals surface area contributed by atoms with Gasteiger partial charge < -0.3 is 10.7 Å². The quantitative estimate of drug-likeness (QED) is 0.644. The first-order valence-corrected chi connectivity index (χ1v) is 11.9. The standard InChI is InChI=1S/C27H32N6/c1-18(2)32-12-9-21(10-13-32)22-7-8-24-25(16-22)26(11-14-33-27(24)19(3)30-31-33)29-23-6-4-5-20(15-23)17-28/h4-9,15-16,18,26,29-31H,10-14H2,1-3H3. The van der Waals surface area contributed by atoms with Crippen molar-refractivity contribution >= 4 is 17.0 Å². The van der Waals surface area contributed by atoms with Crippen molar-refractivity contribution in [3.8, 4) is 6.07 Å². The second-order valence-corrected chi connectivity index (χ2v) is 9.41. The highest BCUT2D eigenvalue weighted by atomic mass is 15.7. The van der Waals surface area contributed by atoms with Crippen molar-refractivity contribution in [3.63, 3.8) is 0 Å². The van der Waals surface area contributed by atoms with E-state index >= 15 is 0 Å². The van der Waals surface area contributed by atoms with Gasteiger partial charge in [-0.15, -0.1) is 5.53 Å². The van der Waals surface area contributed by atoms with Crippen LogP contribution in [0.4, 0.5) is 5.69 Å². The minimum absolute atomic E-state index is 0.151. The van der Waals surface area contributed by atoms with Gasteiger partial charge in [-0.3, -0.25) is 9.91 Å². The number of nitrogens with one attached hydrogen (secondary N) is 3. The molecule has 0 saturated carbocycles. The summed E-state index contributed by atoms with van der Waals surface area (Å²) in [5.41, 5.74) is 15.9. The molecule has 170 valence electrons. The molecule has 33 heavy (non-hydrogen) atoms. The van der Waals surface area contributed by atoms with E-state index in [1.54, 1.807) is 0 Å². The van der Waals surface area contributed by atoms with E-state index in [4.69, 9.17) is 0 Å². The largest absolute Gasteiger partial charge is 0.378 e. The van der Waals surface area contributed by atoms with Gasteiger partial charge in [0.15, 0.2) is 0 Å². The fraction of sp³-hybridized carbons (Fsp3) is 0.370. The second-order valence-electron chi connectivity index (χ2n) is 9.41. The lowest BCUT2D eigenvalue weighted by atomic mass is 9.90. The Labute approximate surface area is 196 Å². The Balaban J connectivity index is 1.53. The highest BCUT2D eigenvalue weighted by Gasteiger charge is 2.30. The van der Waals surface area contributed by atoms with Crippen molar-refractivity contribution in [3.05, 3.63) is 76.5 Å². The zero-order chi connectivity index (χ0) is 22.9. The molecule has 3 heterocycles. The van der Waals surface area contributed by atoms with Gasteiger partial charge in [-0.1, -0.05) is 24.3 Å². The SMILES string of the molecule is CC1=C2c3ccc(C4=CCN(C(C)C)CC4)cc3C(Nc3cccc(C#N)c3)CCN2NN1. The number of rotatable bonds is 4. The number of nitrogens with zero attached hydrogens (tertiary/aromatic N) is 3. The lowest BCUT2D eigenvalue weighted by Gasteiger charge is -2.30. The molecule has 0 spiro atoms. The van der Waals surface area contributed by atoms with Crippen LogP contribution >= 0.6 is 0 Å². The summed E-state index contributed by atoms with van der Waals surface area (Å²) in [6.07, 6.45) is 4.42. The van der Waals surface area contributed by atoms with Crippen LogP contribution in [0.2, 0.25) is 0 Å². The Morgan fingerprint density at radius 1 is 1.15 bits per heavy atom. The van der Waals surface area contributed by atoms with Gasteiger partial charge in [0, 0.05) is 36.9 Å². The maximum atomic E-state index is 9.33. The molecule has 6 nitrogen and oxygen atoms in total. The summed E-state index contributed by atoms with van der Waals surface area (Å²) in [6, 6.07) is 17.7. The summed E-state index contributed by atoms with van der Waals surface area (Å²) in [5.74, 6) is 0. The topological polar surface area (TPSA) is 66.4 Å². The molecule has 0 radical (unpaired) electrons. The number of fused-ring (bicyclic) bond motifs is 3. The molecular weight excluding hydrogens is 408 g/mol. The van der Waals surface area contributed by atoms with Crippen LogP contribution in [0.1, 0.15) is 61.9 Å². The molecule has 2 aromatic carbocycles. The third-order valence-electron chi connectivity index (χ3n) is 7.00. The van der Waals surface area contributed by atoms with Crippen LogP contribution in [0, 0.1) is 11.3 Å². The lowest BCUT2D eigenvalue weighted by Crippen LogP contribution is -2.37. The van der Waals surface area contributed by atoms with Gasteiger partial charge in [0.05, 0.1) is 29.1 Å². The molecule has 3 aliphatic heterocycles. The van der Waals surface area contributed by atoms with Gasteiger partial charge in [-0.05, 0) is 74.6 Å². The maximum absolute atomic E-state index is 9.33. The third-order valence-corrected chi connectivity index (χ3v) is 7.00. The Bertz CT molecular complexity index is 1160. The number of nitriles is 1. The van der Waals surface area contributed by atoms with E-state index in [2.05, 4.69) is 77.3 Å². The van der Waals surface area contributed by atoms with Crippen LogP contribution in [0.3, 0.4) is 0 Å². The first-order chi connectivity index (χ1) is 16.0. The molecule has 5 rings (SSSR count). The van der Waals surface area contributed by atoms with E-state index in [-0.39, 0.29) is 6.04 Å². The van der Waals surface area contributed by atoms with Crippen LogP contribution < -0.4 is 16.3 Å². The average Bonchev–Trinajstić information content (AvgIpc) is 3.13. The van der Waals surface area contributed by atoms with E-state index < -0.39 is 0 Å². The lowest BCUT2D eigenvalue weighted by molar-refractivity contribution is 0.245. The van der Waals surface area contributed by atoms with Crippen LogP contribution in [-0.4, -0.2) is 35.6 Å². The van der Waals surface area contributed by atoms with Crippen LogP contribution in [-0.2, 0) is 0 Å². The van der Waals surface area contributed by atoms with E-state index in [1.807, 2.05) is 24.3 Å². The highest BCUT2D eigenvalue weighted by Crippen LogP contribution is 2.39. The number of hydrogen-bond donors (Lipinski definition) is 3. The Morgan fingerprint density at radius 3 is 2.79 bits per heavy atom. The van der Waals surface area contributed by atoms with Crippen LogP contribution in [0.15, 0.2) is 54.2 Å². The summed E-state index contributed by atoms with van der Waals surface area (Å²) in [6.45, 7) is 9.65. The molecule has 0 amide bonds. The molecule has 0 saturated heterocycles. The average molecular weight is 441 g/mol. The molecule has 3 aliphatic rings. The van der Waals surface area contributed by atoms with Crippen LogP contribution in [0.25, 0.3) is 11.3 Å². The summed E-state index contributed by atoms with van der Waals surface area (Å²) >= 11 is 0. The number of hydrazine groups is 2. The summed E-state index contributed by atoms with van der Waals surface area (Å²) < 4.78 is 0. The van der Waals surface area contributed by atoms with Gasteiger partial charge >= 0.3 is 0 Å². The molecular formula is C27H32N6. The summed E-state index contributed by atoms with van der Waals surface area (Å²) in [7, 11) is 0. The number of hydrogen-bond acceptors (Lipinski definition) is 6. The zero-order valence-electron chi connectivity index (χ0n) is 19.7. The normalized spacial score (nSPS) is 20.5. The summed E-state index contributed by atoms with van der Waals surface area (Å²) in [4.78, 5) is 2.52. The van der Waals surface area contributed by atoms with Gasteiger partial charge in [0.2, 0.25) is 0 Å². The third kappa shape index (κ3) is 4.22. The van der Waals surface area contributed by atoms with E-state index in [1.165, 1.54) is 28.0 Å².